The van der Waals surface area contributed by atoms with Crippen LogP contribution in [0.3, 0.4) is 0 Å². The monoisotopic (exact) mass is 350 g/mol. The normalized spacial score (nSPS) is 16.8. The summed E-state index contributed by atoms with van der Waals surface area (Å²) >= 11 is 0. The maximum absolute atomic E-state index is 13.2. The Balaban J connectivity index is 1.80. The van der Waals surface area contributed by atoms with Gasteiger partial charge < -0.3 is 9.80 Å². The summed E-state index contributed by atoms with van der Waals surface area (Å²) in [6, 6.07) is 17.6. The Morgan fingerprint density at radius 3 is 2.50 bits per heavy atom. The number of carbonyl (C=O) groups is 2. The van der Waals surface area contributed by atoms with Crippen molar-refractivity contribution in [1.82, 2.24) is 0 Å². The molecular weight excluding hydrogens is 324 g/mol. The fourth-order valence-electron chi connectivity index (χ4n) is 3.48. The largest absolute Gasteiger partial charge is 0.312 e. The van der Waals surface area contributed by atoms with Crippen molar-refractivity contribution in [2.75, 3.05) is 22.9 Å². The van der Waals surface area contributed by atoms with Gasteiger partial charge in [-0.2, -0.15) is 0 Å². The minimum Gasteiger partial charge on any atom is -0.312 e. The highest BCUT2D eigenvalue weighted by Gasteiger charge is 2.37. The van der Waals surface area contributed by atoms with Gasteiger partial charge in [-0.05, 0) is 37.1 Å². The van der Waals surface area contributed by atoms with E-state index in [9.17, 15) is 9.59 Å². The summed E-state index contributed by atoms with van der Waals surface area (Å²) in [5, 5.41) is 0. The van der Waals surface area contributed by atoms with Crippen LogP contribution >= 0.6 is 0 Å². The molecule has 0 bridgehead atoms. The van der Waals surface area contributed by atoms with Crippen LogP contribution in [0.2, 0.25) is 0 Å². The Labute approximate surface area is 155 Å². The van der Waals surface area contributed by atoms with E-state index in [0.717, 1.165) is 29.8 Å². The number of benzene rings is 2. The SMILES string of the molecule is CCCCN(C(=O)C1CC(=O)N(c2ccccc2C)C1)c1ccccc1. The first-order valence-electron chi connectivity index (χ1n) is 9.34. The van der Waals surface area contributed by atoms with Crippen LogP contribution in [0, 0.1) is 12.8 Å². The van der Waals surface area contributed by atoms with Gasteiger partial charge >= 0.3 is 0 Å². The number of amides is 2. The lowest BCUT2D eigenvalue weighted by Crippen LogP contribution is -2.38. The fourth-order valence-corrected chi connectivity index (χ4v) is 3.48. The molecule has 136 valence electrons. The summed E-state index contributed by atoms with van der Waals surface area (Å²) in [4.78, 5) is 29.4. The van der Waals surface area contributed by atoms with Gasteiger partial charge in [0.15, 0.2) is 0 Å². The molecule has 2 aromatic rings. The average molecular weight is 350 g/mol. The molecule has 3 rings (SSSR count). The van der Waals surface area contributed by atoms with Crippen LogP contribution in [0.4, 0.5) is 11.4 Å². The lowest BCUT2D eigenvalue weighted by atomic mass is 10.1. The zero-order valence-corrected chi connectivity index (χ0v) is 15.5. The molecule has 2 aromatic carbocycles. The smallest absolute Gasteiger partial charge is 0.232 e. The van der Waals surface area contributed by atoms with Gasteiger partial charge in [0.25, 0.3) is 0 Å². The predicted octanol–water partition coefficient (Wildman–Crippen LogP) is 4.18. The zero-order chi connectivity index (χ0) is 18.5. The highest BCUT2D eigenvalue weighted by atomic mass is 16.2. The number of hydrogen-bond acceptors (Lipinski definition) is 2. The van der Waals surface area contributed by atoms with Gasteiger partial charge in [0.2, 0.25) is 11.8 Å². The molecule has 1 saturated heterocycles. The second-order valence-electron chi connectivity index (χ2n) is 6.87. The molecular formula is C22H26N2O2. The summed E-state index contributed by atoms with van der Waals surface area (Å²) in [7, 11) is 0. The molecule has 1 aliphatic rings. The van der Waals surface area contributed by atoms with Gasteiger partial charge in [0, 0.05) is 30.9 Å². The number of anilines is 2. The predicted molar refractivity (Wildman–Crippen MR) is 105 cm³/mol. The number of para-hydroxylation sites is 2. The average Bonchev–Trinajstić information content (AvgIpc) is 3.05. The maximum Gasteiger partial charge on any atom is 0.232 e. The highest BCUT2D eigenvalue weighted by Crippen LogP contribution is 2.30. The van der Waals surface area contributed by atoms with E-state index in [4.69, 9.17) is 0 Å². The molecule has 4 heteroatoms. The molecule has 0 spiro atoms. The van der Waals surface area contributed by atoms with Crippen LogP contribution in [0.5, 0.6) is 0 Å². The Bertz CT molecular complexity index is 773. The Kier molecular flexibility index (Phi) is 5.71. The van der Waals surface area contributed by atoms with Crippen molar-refractivity contribution in [3.05, 3.63) is 60.2 Å². The third kappa shape index (κ3) is 3.79. The molecule has 1 aliphatic heterocycles. The molecule has 2 amide bonds. The summed E-state index contributed by atoms with van der Waals surface area (Å²) < 4.78 is 0. The molecule has 1 atom stereocenters. The fraction of sp³-hybridized carbons (Fsp3) is 0.364. The molecule has 26 heavy (non-hydrogen) atoms. The standard InChI is InChI=1S/C22H26N2O2/c1-3-4-14-23(19-11-6-5-7-12-19)22(26)18-15-21(25)24(16-18)20-13-9-8-10-17(20)2/h5-13,18H,3-4,14-16H2,1-2H3. The van der Waals surface area contributed by atoms with Crippen molar-refractivity contribution >= 4 is 23.2 Å². The second-order valence-corrected chi connectivity index (χ2v) is 6.87. The maximum atomic E-state index is 13.2. The number of carbonyl (C=O) groups excluding carboxylic acids is 2. The third-order valence-corrected chi connectivity index (χ3v) is 4.95. The van der Waals surface area contributed by atoms with Crippen LogP contribution in [-0.4, -0.2) is 24.9 Å². The van der Waals surface area contributed by atoms with E-state index in [1.54, 1.807) is 4.90 Å². The molecule has 0 N–H and O–H groups in total. The Hall–Kier alpha value is -2.62. The van der Waals surface area contributed by atoms with E-state index < -0.39 is 0 Å². The van der Waals surface area contributed by atoms with E-state index in [1.165, 1.54) is 0 Å². The molecule has 4 nitrogen and oxygen atoms in total. The molecule has 1 unspecified atom stereocenters. The van der Waals surface area contributed by atoms with Crippen molar-refractivity contribution in [2.45, 2.75) is 33.1 Å². The molecule has 1 fully saturated rings. The highest BCUT2D eigenvalue weighted by molar-refractivity contribution is 6.04. The summed E-state index contributed by atoms with van der Waals surface area (Å²) in [5.41, 5.74) is 2.88. The number of rotatable bonds is 6. The molecule has 0 radical (unpaired) electrons. The van der Waals surface area contributed by atoms with Crippen LogP contribution in [-0.2, 0) is 9.59 Å². The van der Waals surface area contributed by atoms with Gasteiger partial charge in [-0.1, -0.05) is 49.7 Å². The van der Waals surface area contributed by atoms with Crippen LogP contribution in [0.25, 0.3) is 0 Å². The van der Waals surface area contributed by atoms with E-state index in [2.05, 4.69) is 6.92 Å². The zero-order valence-electron chi connectivity index (χ0n) is 15.5. The van der Waals surface area contributed by atoms with E-state index in [-0.39, 0.29) is 24.2 Å². The second kappa shape index (κ2) is 8.17. The van der Waals surface area contributed by atoms with E-state index >= 15 is 0 Å². The Morgan fingerprint density at radius 2 is 1.81 bits per heavy atom. The lowest BCUT2D eigenvalue weighted by molar-refractivity contribution is -0.124. The summed E-state index contributed by atoms with van der Waals surface area (Å²) in [6.45, 7) is 5.26. The number of nitrogens with zero attached hydrogens (tertiary/aromatic N) is 2. The Morgan fingerprint density at radius 1 is 1.12 bits per heavy atom. The van der Waals surface area contributed by atoms with E-state index in [0.29, 0.717) is 13.1 Å². The van der Waals surface area contributed by atoms with Crippen molar-refractivity contribution < 1.29 is 9.59 Å². The van der Waals surface area contributed by atoms with Crippen LogP contribution in [0.15, 0.2) is 54.6 Å². The van der Waals surface area contributed by atoms with Gasteiger partial charge in [0.1, 0.15) is 0 Å². The van der Waals surface area contributed by atoms with Crippen molar-refractivity contribution in [3.63, 3.8) is 0 Å². The van der Waals surface area contributed by atoms with Crippen LogP contribution in [0.1, 0.15) is 31.7 Å². The first-order chi connectivity index (χ1) is 12.6. The van der Waals surface area contributed by atoms with Crippen molar-refractivity contribution in [1.29, 1.82) is 0 Å². The molecule has 0 saturated carbocycles. The first kappa shape index (κ1) is 18.2. The molecule has 1 heterocycles. The van der Waals surface area contributed by atoms with Crippen molar-refractivity contribution in [3.8, 4) is 0 Å². The van der Waals surface area contributed by atoms with Gasteiger partial charge in [0.05, 0.1) is 5.92 Å². The minimum atomic E-state index is -0.292. The number of aryl methyl sites for hydroxylation is 1. The van der Waals surface area contributed by atoms with Gasteiger partial charge in [-0.25, -0.2) is 0 Å². The lowest BCUT2D eigenvalue weighted by Gasteiger charge is -2.26. The topological polar surface area (TPSA) is 40.6 Å². The summed E-state index contributed by atoms with van der Waals surface area (Å²) in [6.07, 6.45) is 2.25. The minimum absolute atomic E-state index is 0.0288. The number of unbranched alkanes of at least 4 members (excludes halogenated alkanes) is 1. The molecule has 0 aliphatic carbocycles. The third-order valence-electron chi connectivity index (χ3n) is 4.95. The van der Waals surface area contributed by atoms with Crippen LogP contribution < -0.4 is 9.80 Å². The van der Waals surface area contributed by atoms with Gasteiger partial charge in [-0.15, -0.1) is 0 Å². The van der Waals surface area contributed by atoms with Gasteiger partial charge in [-0.3, -0.25) is 9.59 Å². The first-order valence-corrected chi connectivity index (χ1v) is 9.34. The summed E-state index contributed by atoms with van der Waals surface area (Å²) in [5.74, 6) is -0.214. The molecule has 0 aromatic heterocycles. The van der Waals surface area contributed by atoms with E-state index in [1.807, 2.05) is 66.4 Å². The van der Waals surface area contributed by atoms with Crippen molar-refractivity contribution in [2.24, 2.45) is 5.92 Å². The number of hydrogen-bond donors (Lipinski definition) is 0. The quantitative estimate of drug-likeness (QED) is 0.784.